The summed E-state index contributed by atoms with van der Waals surface area (Å²) in [6.45, 7) is 0. The smallest absolute Gasteiger partial charge is 0.183 e. The minimum Gasteiger partial charge on any atom is -0.292 e. The van der Waals surface area contributed by atoms with Crippen LogP contribution in [0.4, 0.5) is 0 Å². The number of halogens is 1. The van der Waals surface area contributed by atoms with Gasteiger partial charge in [0, 0.05) is 5.56 Å². The average molecular weight is 197 g/mol. The molecule has 0 heterocycles. The minimum atomic E-state index is -0.124. The molecule has 2 heteroatoms. The monoisotopic (exact) mass is 196 g/mol. The van der Waals surface area contributed by atoms with E-state index in [4.69, 9.17) is 0 Å². The zero-order chi connectivity index (χ0) is 7.40. The molecule has 0 bridgehead atoms. The summed E-state index contributed by atoms with van der Waals surface area (Å²) in [4.78, 5) is 10.9. The van der Waals surface area contributed by atoms with Crippen LogP contribution in [0.5, 0.6) is 0 Å². The molecule has 0 aliphatic heterocycles. The van der Waals surface area contributed by atoms with Gasteiger partial charge in [0.05, 0.1) is 0 Å². The fraction of sp³-hybridized carbons (Fsp3) is 0. The van der Waals surface area contributed by atoms with Gasteiger partial charge in [0.1, 0.15) is 5.33 Å². The lowest BCUT2D eigenvalue weighted by atomic mass is 10.2. The highest BCUT2D eigenvalue weighted by molar-refractivity contribution is 9.11. The maximum Gasteiger partial charge on any atom is 0.183 e. The molecule has 1 nitrogen and oxygen atoms in total. The van der Waals surface area contributed by atoms with Gasteiger partial charge >= 0.3 is 0 Å². The van der Waals surface area contributed by atoms with Crippen LogP contribution < -0.4 is 0 Å². The van der Waals surface area contributed by atoms with Crippen molar-refractivity contribution in [3.8, 4) is 0 Å². The average Bonchev–Trinajstić information content (AvgIpc) is 2.05. The second-order valence-electron chi connectivity index (χ2n) is 1.79. The Balaban J connectivity index is 2.85. The van der Waals surface area contributed by atoms with Crippen molar-refractivity contribution in [3.63, 3.8) is 0 Å². The fourth-order valence-electron chi connectivity index (χ4n) is 0.644. The highest BCUT2D eigenvalue weighted by atomic mass is 79.9. The van der Waals surface area contributed by atoms with Gasteiger partial charge in [-0.05, 0) is 0 Å². The number of ketones is 1. The van der Waals surface area contributed by atoms with Crippen molar-refractivity contribution in [2.24, 2.45) is 0 Å². The summed E-state index contributed by atoms with van der Waals surface area (Å²) in [5.41, 5.74) is 0.652. The van der Waals surface area contributed by atoms with Crippen LogP contribution in [0.15, 0.2) is 30.3 Å². The van der Waals surface area contributed by atoms with Crippen molar-refractivity contribution in [1.29, 1.82) is 0 Å². The largest absolute Gasteiger partial charge is 0.292 e. The van der Waals surface area contributed by atoms with E-state index in [2.05, 4.69) is 21.3 Å². The number of benzene rings is 1. The van der Waals surface area contributed by atoms with Crippen molar-refractivity contribution in [3.05, 3.63) is 41.2 Å². The molecule has 2 radical (unpaired) electrons. The first kappa shape index (κ1) is 7.48. The first-order valence-corrected chi connectivity index (χ1v) is 3.60. The van der Waals surface area contributed by atoms with Crippen molar-refractivity contribution >= 4 is 21.7 Å². The van der Waals surface area contributed by atoms with Gasteiger partial charge in [0.15, 0.2) is 5.78 Å². The van der Waals surface area contributed by atoms with Crippen LogP contribution >= 0.6 is 15.9 Å². The van der Waals surface area contributed by atoms with Crippen LogP contribution in [-0.4, -0.2) is 5.78 Å². The van der Waals surface area contributed by atoms with Crippen LogP contribution in [0.25, 0.3) is 0 Å². The standard InChI is InChI=1S/C8H5BrO/c9-6-8(10)7-4-2-1-3-5-7/h1-5H. The molecule has 0 unspecified atom stereocenters. The maximum absolute atomic E-state index is 10.9. The molecule has 1 aromatic carbocycles. The molecule has 0 atom stereocenters. The van der Waals surface area contributed by atoms with E-state index in [1.165, 1.54) is 0 Å². The third-order valence-corrected chi connectivity index (χ3v) is 1.48. The molecule has 50 valence electrons. The van der Waals surface area contributed by atoms with Crippen molar-refractivity contribution < 1.29 is 4.79 Å². The lowest BCUT2D eigenvalue weighted by molar-refractivity contribution is 0.104. The number of rotatable bonds is 2. The zero-order valence-corrected chi connectivity index (χ0v) is 6.76. The Morgan fingerprint density at radius 3 is 2.40 bits per heavy atom. The van der Waals surface area contributed by atoms with Gasteiger partial charge in [-0.1, -0.05) is 46.3 Å². The molecular weight excluding hydrogens is 192 g/mol. The number of hydrogen-bond acceptors (Lipinski definition) is 1. The van der Waals surface area contributed by atoms with Crippen LogP contribution in [0.3, 0.4) is 0 Å². The molecular formula is C8H5BrO. The van der Waals surface area contributed by atoms with E-state index in [1.54, 1.807) is 12.1 Å². The minimum absolute atomic E-state index is 0.124. The van der Waals surface area contributed by atoms with E-state index >= 15 is 0 Å². The van der Waals surface area contributed by atoms with Crippen LogP contribution in [0.1, 0.15) is 10.4 Å². The number of Topliss-reactive ketones (excluding diaryl/α,β-unsaturated/α-hetero) is 1. The molecule has 1 rings (SSSR count). The summed E-state index contributed by atoms with van der Waals surface area (Å²) in [7, 11) is 0. The first-order chi connectivity index (χ1) is 4.84. The predicted octanol–water partition coefficient (Wildman–Crippen LogP) is 2.30. The molecule has 0 amide bonds. The van der Waals surface area contributed by atoms with Gasteiger partial charge in [0.2, 0.25) is 0 Å². The lowest BCUT2D eigenvalue weighted by Crippen LogP contribution is -1.93. The highest BCUT2D eigenvalue weighted by Gasteiger charge is 2.01. The van der Waals surface area contributed by atoms with Gasteiger partial charge < -0.3 is 0 Å². The molecule has 0 saturated carbocycles. The quantitative estimate of drug-likeness (QED) is 0.664. The molecule has 0 spiro atoms. The van der Waals surface area contributed by atoms with E-state index in [1.807, 2.05) is 18.2 Å². The van der Waals surface area contributed by atoms with Crippen molar-refractivity contribution in [1.82, 2.24) is 0 Å². The third-order valence-electron chi connectivity index (χ3n) is 1.12. The molecule has 0 saturated heterocycles. The predicted molar refractivity (Wildman–Crippen MR) is 42.9 cm³/mol. The van der Waals surface area contributed by atoms with Gasteiger partial charge in [-0.3, -0.25) is 4.79 Å². The van der Waals surface area contributed by atoms with Crippen LogP contribution in [0, 0.1) is 5.33 Å². The molecule has 0 N–H and O–H groups in total. The Hall–Kier alpha value is -0.630. The van der Waals surface area contributed by atoms with E-state index in [0.29, 0.717) is 5.56 Å². The Morgan fingerprint density at radius 2 is 1.90 bits per heavy atom. The molecule has 10 heavy (non-hydrogen) atoms. The van der Waals surface area contributed by atoms with Crippen molar-refractivity contribution in [2.45, 2.75) is 0 Å². The summed E-state index contributed by atoms with van der Waals surface area (Å²) < 4.78 is 0. The topological polar surface area (TPSA) is 17.1 Å². The van der Waals surface area contributed by atoms with E-state index in [0.717, 1.165) is 0 Å². The lowest BCUT2D eigenvalue weighted by Gasteiger charge is -1.91. The Kier molecular flexibility index (Phi) is 2.63. The van der Waals surface area contributed by atoms with Crippen molar-refractivity contribution in [2.75, 3.05) is 0 Å². The maximum atomic E-state index is 10.9. The molecule has 0 aliphatic rings. The Morgan fingerprint density at radius 1 is 1.30 bits per heavy atom. The van der Waals surface area contributed by atoms with E-state index < -0.39 is 0 Å². The summed E-state index contributed by atoms with van der Waals surface area (Å²) in [5, 5.41) is 2.35. The summed E-state index contributed by atoms with van der Waals surface area (Å²) in [6, 6.07) is 8.99. The zero-order valence-electron chi connectivity index (χ0n) is 5.17. The van der Waals surface area contributed by atoms with Gasteiger partial charge in [-0.15, -0.1) is 0 Å². The van der Waals surface area contributed by atoms with E-state index in [9.17, 15) is 4.79 Å². The van der Waals surface area contributed by atoms with Crippen LogP contribution in [-0.2, 0) is 0 Å². The van der Waals surface area contributed by atoms with Gasteiger partial charge in [-0.25, -0.2) is 0 Å². The first-order valence-electron chi connectivity index (χ1n) is 2.80. The summed E-state index contributed by atoms with van der Waals surface area (Å²) >= 11 is 2.85. The third kappa shape index (κ3) is 1.67. The number of hydrogen-bond donors (Lipinski definition) is 0. The Labute approximate surface area is 68.2 Å². The molecule has 0 aliphatic carbocycles. The molecule has 0 fully saturated rings. The molecule has 0 aromatic heterocycles. The normalized spacial score (nSPS) is 9.30. The number of carbonyl (C=O) groups excluding carboxylic acids is 1. The summed E-state index contributed by atoms with van der Waals surface area (Å²) in [6.07, 6.45) is 0. The Bertz CT molecular complexity index is 218. The second kappa shape index (κ2) is 3.52. The van der Waals surface area contributed by atoms with E-state index in [-0.39, 0.29) is 5.78 Å². The summed E-state index contributed by atoms with van der Waals surface area (Å²) in [5.74, 6) is -0.124. The molecule has 1 aromatic rings. The second-order valence-corrected chi connectivity index (χ2v) is 2.19. The highest BCUT2D eigenvalue weighted by Crippen LogP contribution is 2.04. The fourth-order valence-corrected chi connectivity index (χ4v) is 0.873. The SMILES string of the molecule is O=C([C]Br)c1ccccc1. The van der Waals surface area contributed by atoms with Crippen LogP contribution in [0.2, 0.25) is 0 Å². The number of carbonyl (C=O) groups is 1. The van der Waals surface area contributed by atoms with Gasteiger partial charge in [-0.2, -0.15) is 0 Å². The van der Waals surface area contributed by atoms with Gasteiger partial charge in [0.25, 0.3) is 0 Å².